The lowest BCUT2D eigenvalue weighted by molar-refractivity contribution is 0.00205. The van der Waals surface area contributed by atoms with Gasteiger partial charge in [-0.05, 0) is 26.2 Å². The van der Waals surface area contributed by atoms with Gasteiger partial charge in [-0.15, -0.1) is 0 Å². The van der Waals surface area contributed by atoms with Gasteiger partial charge in [0.2, 0.25) is 0 Å². The lowest BCUT2D eigenvalue weighted by atomic mass is 10.1. The van der Waals surface area contributed by atoms with Crippen LogP contribution >= 0.6 is 0 Å². The average molecular weight is 305 g/mol. The molecule has 0 aliphatic carbocycles. The summed E-state index contributed by atoms with van der Waals surface area (Å²) in [6, 6.07) is 0. The van der Waals surface area contributed by atoms with Gasteiger partial charge in [-0.2, -0.15) is 0 Å². The third-order valence-electron chi connectivity index (χ3n) is 3.97. The van der Waals surface area contributed by atoms with Crippen molar-refractivity contribution in [1.82, 2.24) is 14.9 Å². The molecule has 0 saturated carbocycles. The summed E-state index contributed by atoms with van der Waals surface area (Å²) in [5, 5.41) is 0. The predicted molar refractivity (Wildman–Crippen MR) is 86.0 cm³/mol. The number of carbonyl (C=O) groups excluding carboxylic acids is 1. The molecule has 22 heavy (non-hydrogen) atoms. The van der Waals surface area contributed by atoms with Gasteiger partial charge in [-0.3, -0.25) is 4.79 Å². The molecule has 5 heteroatoms. The molecular formula is C17H27N3O2. The van der Waals surface area contributed by atoms with Gasteiger partial charge in [-0.1, -0.05) is 20.8 Å². The van der Waals surface area contributed by atoms with Crippen LogP contribution in [0.25, 0.3) is 0 Å². The van der Waals surface area contributed by atoms with E-state index in [1.807, 2.05) is 11.8 Å². The Morgan fingerprint density at radius 2 is 2.27 bits per heavy atom. The van der Waals surface area contributed by atoms with Crippen molar-refractivity contribution < 1.29 is 9.53 Å². The number of nitrogens with zero attached hydrogens (tertiary/aromatic N) is 3. The molecule has 0 unspecified atom stereocenters. The van der Waals surface area contributed by atoms with E-state index in [4.69, 9.17) is 4.74 Å². The molecule has 2 rings (SSSR count). The maximum atomic E-state index is 12.7. The van der Waals surface area contributed by atoms with Crippen LogP contribution in [0.3, 0.4) is 0 Å². The summed E-state index contributed by atoms with van der Waals surface area (Å²) in [4.78, 5) is 23.4. The van der Waals surface area contributed by atoms with E-state index in [-0.39, 0.29) is 17.9 Å². The molecule has 1 amide bonds. The first-order valence-corrected chi connectivity index (χ1v) is 8.27. The van der Waals surface area contributed by atoms with Gasteiger partial charge in [0.25, 0.3) is 5.91 Å². The number of ether oxygens (including phenoxy) is 1. The second-order valence-corrected chi connectivity index (χ2v) is 6.27. The number of carbonyl (C=O) groups is 1. The Hall–Kier alpha value is -1.49. The summed E-state index contributed by atoms with van der Waals surface area (Å²) < 4.78 is 5.80. The highest BCUT2D eigenvalue weighted by molar-refractivity contribution is 5.95. The molecule has 1 aliphatic heterocycles. The summed E-state index contributed by atoms with van der Waals surface area (Å²) in [6.07, 6.45) is 4.87. The number of aromatic nitrogens is 2. The smallest absolute Gasteiger partial charge is 0.257 e. The van der Waals surface area contributed by atoms with Crippen molar-refractivity contribution in [3.05, 3.63) is 23.3 Å². The van der Waals surface area contributed by atoms with Crippen LogP contribution in [0.2, 0.25) is 0 Å². The number of piperidine rings is 1. The number of hydrogen-bond acceptors (Lipinski definition) is 4. The molecule has 5 nitrogen and oxygen atoms in total. The molecule has 122 valence electrons. The molecular weight excluding hydrogens is 278 g/mol. The number of hydrogen-bond donors (Lipinski definition) is 0. The second-order valence-electron chi connectivity index (χ2n) is 6.27. The van der Waals surface area contributed by atoms with Gasteiger partial charge in [0.05, 0.1) is 17.4 Å². The molecule has 1 aromatic heterocycles. The molecule has 1 aliphatic rings. The number of aryl methyl sites for hydroxylation is 1. The Morgan fingerprint density at radius 1 is 1.50 bits per heavy atom. The zero-order valence-electron chi connectivity index (χ0n) is 14.1. The topological polar surface area (TPSA) is 55.3 Å². The normalized spacial score (nSPS) is 18.8. The summed E-state index contributed by atoms with van der Waals surface area (Å²) in [7, 11) is 0. The summed E-state index contributed by atoms with van der Waals surface area (Å²) in [5.74, 6) is 1.08. The number of amides is 1. The van der Waals surface area contributed by atoms with Crippen LogP contribution in [0.15, 0.2) is 6.20 Å². The van der Waals surface area contributed by atoms with E-state index < -0.39 is 0 Å². The second kappa shape index (κ2) is 7.68. The molecule has 0 bridgehead atoms. The lowest BCUT2D eigenvalue weighted by Crippen LogP contribution is -2.43. The van der Waals surface area contributed by atoms with Gasteiger partial charge < -0.3 is 9.64 Å². The van der Waals surface area contributed by atoms with Crippen LogP contribution < -0.4 is 0 Å². The Kier molecular flexibility index (Phi) is 5.89. The summed E-state index contributed by atoms with van der Waals surface area (Å²) >= 11 is 0. The molecule has 0 N–H and O–H groups in total. The van der Waals surface area contributed by atoms with Crippen molar-refractivity contribution >= 4 is 5.91 Å². The van der Waals surface area contributed by atoms with Gasteiger partial charge >= 0.3 is 0 Å². The maximum absolute atomic E-state index is 12.7. The largest absolute Gasteiger partial charge is 0.376 e. The molecule has 1 atom stereocenters. The fraction of sp³-hybridized carbons (Fsp3) is 0.706. The van der Waals surface area contributed by atoms with Crippen LogP contribution in [0.4, 0.5) is 0 Å². The first kappa shape index (κ1) is 16.9. The highest BCUT2D eigenvalue weighted by Crippen LogP contribution is 2.18. The SMILES string of the molecule is CCCO[C@@H]1CCCN(C(=O)c2cnc(C(C)C)nc2C)C1. The van der Waals surface area contributed by atoms with Gasteiger partial charge in [0.15, 0.2) is 0 Å². The molecule has 0 radical (unpaired) electrons. The molecule has 1 saturated heterocycles. The maximum Gasteiger partial charge on any atom is 0.257 e. The minimum absolute atomic E-state index is 0.0256. The minimum Gasteiger partial charge on any atom is -0.376 e. The Balaban J connectivity index is 2.07. The standard InChI is InChI=1S/C17H27N3O2/c1-5-9-22-14-7-6-8-20(11-14)17(21)15-10-18-16(12(2)3)19-13(15)4/h10,12,14H,5-9,11H2,1-4H3/t14-/m1/s1. The lowest BCUT2D eigenvalue weighted by Gasteiger charge is -2.32. The zero-order chi connectivity index (χ0) is 16.1. The third-order valence-corrected chi connectivity index (χ3v) is 3.97. The summed E-state index contributed by atoms with van der Waals surface area (Å²) in [5.41, 5.74) is 1.38. The molecule has 2 heterocycles. The quantitative estimate of drug-likeness (QED) is 0.839. The first-order chi connectivity index (χ1) is 10.5. The van der Waals surface area contributed by atoms with Crippen molar-refractivity contribution in [2.75, 3.05) is 19.7 Å². The van der Waals surface area contributed by atoms with Crippen molar-refractivity contribution in [3.8, 4) is 0 Å². The number of likely N-dealkylation sites (tertiary alicyclic amines) is 1. The van der Waals surface area contributed by atoms with E-state index in [2.05, 4.69) is 30.7 Å². The van der Waals surface area contributed by atoms with Crippen LogP contribution in [-0.2, 0) is 4.74 Å². The fourth-order valence-corrected chi connectivity index (χ4v) is 2.69. The fourth-order valence-electron chi connectivity index (χ4n) is 2.69. The van der Waals surface area contributed by atoms with E-state index in [1.165, 1.54) is 0 Å². The highest BCUT2D eigenvalue weighted by atomic mass is 16.5. The van der Waals surface area contributed by atoms with Gasteiger partial charge in [0.1, 0.15) is 5.82 Å². The van der Waals surface area contributed by atoms with Crippen LogP contribution in [0, 0.1) is 6.92 Å². The predicted octanol–water partition coefficient (Wildman–Crippen LogP) is 2.94. The molecule has 0 aromatic carbocycles. The van der Waals surface area contributed by atoms with E-state index in [0.29, 0.717) is 12.1 Å². The first-order valence-electron chi connectivity index (χ1n) is 8.27. The van der Waals surface area contributed by atoms with Crippen molar-refractivity contribution in [2.24, 2.45) is 0 Å². The van der Waals surface area contributed by atoms with Crippen LogP contribution in [-0.4, -0.2) is 46.6 Å². The summed E-state index contributed by atoms with van der Waals surface area (Å²) in [6.45, 7) is 10.3. The van der Waals surface area contributed by atoms with E-state index >= 15 is 0 Å². The van der Waals surface area contributed by atoms with Crippen molar-refractivity contribution in [1.29, 1.82) is 0 Å². The van der Waals surface area contributed by atoms with E-state index in [0.717, 1.165) is 43.9 Å². The van der Waals surface area contributed by atoms with E-state index in [9.17, 15) is 4.79 Å². The number of rotatable bonds is 5. The van der Waals surface area contributed by atoms with Gasteiger partial charge in [0, 0.05) is 31.8 Å². The van der Waals surface area contributed by atoms with Crippen LogP contribution in [0.1, 0.15) is 67.8 Å². The van der Waals surface area contributed by atoms with E-state index in [1.54, 1.807) is 6.20 Å². The Labute approximate surface area is 133 Å². The van der Waals surface area contributed by atoms with Gasteiger partial charge in [-0.25, -0.2) is 9.97 Å². The third kappa shape index (κ3) is 4.03. The monoisotopic (exact) mass is 305 g/mol. The Bertz CT molecular complexity index is 517. The van der Waals surface area contributed by atoms with Crippen LogP contribution in [0.5, 0.6) is 0 Å². The molecule has 1 fully saturated rings. The molecule has 1 aromatic rings. The minimum atomic E-state index is 0.0256. The highest BCUT2D eigenvalue weighted by Gasteiger charge is 2.26. The van der Waals surface area contributed by atoms with Crippen molar-refractivity contribution in [3.63, 3.8) is 0 Å². The van der Waals surface area contributed by atoms with Crippen molar-refractivity contribution in [2.45, 2.75) is 59.0 Å². The zero-order valence-corrected chi connectivity index (χ0v) is 14.1. The molecule has 0 spiro atoms. The Morgan fingerprint density at radius 3 is 2.91 bits per heavy atom. The average Bonchev–Trinajstić information content (AvgIpc) is 2.52.